The molecule has 0 bridgehead atoms. The summed E-state index contributed by atoms with van der Waals surface area (Å²) in [7, 11) is 6.87. The van der Waals surface area contributed by atoms with Gasteiger partial charge in [0.05, 0.1) is 21.3 Å². The van der Waals surface area contributed by atoms with Crippen LogP contribution < -0.4 is 19.9 Å². The highest BCUT2D eigenvalue weighted by molar-refractivity contribution is 5.53. The Bertz CT molecular complexity index is 383. The fourth-order valence-corrected chi connectivity index (χ4v) is 2.09. The van der Waals surface area contributed by atoms with Crippen molar-refractivity contribution in [1.82, 2.24) is 4.90 Å². The zero-order valence-corrected chi connectivity index (χ0v) is 12.4. The zero-order chi connectivity index (χ0) is 14.4. The van der Waals surface area contributed by atoms with Crippen LogP contribution in [0.2, 0.25) is 0 Å². The highest BCUT2D eigenvalue weighted by Gasteiger charge is 2.14. The monoisotopic (exact) mass is 268 g/mol. The van der Waals surface area contributed by atoms with E-state index in [4.69, 9.17) is 19.9 Å². The highest BCUT2D eigenvalue weighted by Crippen LogP contribution is 2.38. The minimum atomic E-state index is 0.145. The molecule has 2 N–H and O–H groups in total. The molecule has 0 aliphatic rings. The zero-order valence-electron chi connectivity index (χ0n) is 12.4. The molecule has 0 aromatic heterocycles. The first kappa shape index (κ1) is 15.6. The van der Waals surface area contributed by atoms with Crippen LogP contribution in [0, 0.1) is 0 Å². The van der Waals surface area contributed by atoms with Crippen molar-refractivity contribution in [2.45, 2.75) is 19.5 Å². The van der Waals surface area contributed by atoms with Crippen LogP contribution in [0.1, 0.15) is 12.5 Å². The number of hydrogen-bond donors (Lipinski definition) is 1. The van der Waals surface area contributed by atoms with Gasteiger partial charge in [-0.2, -0.15) is 0 Å². The SMILES string of the molecule is COc1cc(CN(C)CC(C)N)cc(OC)c1OC. The van der Waals surface area contributed by atoms with E-state index >= 15 is 0 Å². The van der Waals surface area contributed by atoms with Gasteiger partial charge in [0.25, 0.3) is 0 Å². The summed E-state index contributed by atoms with van der Waals surface area (Å²) in [5.41, 5.74) is 6.89. The largest absolute Gasteiger partial charge is 0.493 e. The predicted octanol–water partition coefficient (Wildman–Crippen LogP) is 1.49. The van der Waals surface area contributed by atoms with Gasteiger partial charge in [-0.1, -0.05) is 0 Å². The molecule has 108 valence electrons. The number of nitrogens with zero attached hydrogens (tertiary/aromatic N) is 1. The first-order chi connectivity index (χ1) is 9.01. The van der Waals surface area contributed by atoms with Gasteiger partial charge in [-0.25, -0.2) is 0 Å². The van der Waals surface area contributed by atoms with E-state index < -0.39 is 0 Å². The number of nitrogens with two attached hydrogens (primary N) is 1. The normalized spacial score (nSPS) is 12.4. The summed E-state index contributed by atoms with van der Waals surface area (Å²) in [5, 5.41) is 0. The third-order valence-corrected chi connectivity index (χ3v) is 2.78. The maximum atomic E-state index is 5.79. The molecule has 0 radical (unpaired) electrons. The van der Waals surface area contributed by atoms with Crippen molar-refractivity contribution >= 4 is 0 Å². The van der Waals surface area contributed by atoms with Gasteiger partial charge in [-0.05, 0) is 31.7 Å². The lowest BCUT2D eigenvalue weighted by atomic mass is 10.1. The van der Waals surface area contributed by atoms with Crippen LogP contribution in [-0.4, -0.2) is 45.9 Å². The molecule has 5 nitrogen and oxygen atoms in total. The Hall–Kier alpha value is -1.46. The molecule has 0 amide bonds. The van der Waals surface area contributed by atoms with Crippen LogP contribution in [0.3, 0.4) is 0 Å². The fourth-order valence-electron chi connectivity index (χ4n) is 2.09. The van der Waals surface area contributed by atoms with E-state index in [2.05, 4.69) is 4.90 Å². The molecule has 0 saturated carbocycles. The number of ether oxygens (including phenoxy) is 3. The Morgan fingerprint density at radius 3 is 2.00 bits per heavy atom. The summed E-state index contributed by atoms with van der Waals surface area (Å²) in [6, 6.07) is 4.06. The number of hydrogen-bond acceptors (Lipinski definition) is 5. The predicted molar refractivity (Wildman–Crippen MR) is 76.1 cm³/mol. The molecule has 0 aliphatic heterocycles. The summed E-state index contributed by atoms with van der Waals surface area (Å²) < 4.78 is 16.0. The van der Waals surface area contributed by atoms with Gasteiger partial charge < -0.3 is 24.8 Å². The molecule has 0 fully saturated rings. The minimum Gasteiger partial charge on any atom is -0.493 e. The van der Waals surface area contributed by atoms with E-state index in [1.165, 1.54) is 0 Å². The molecule has 0 heterocycles. The molecule has 1 rings (SSSR count). The van der Waals surface area contributed by atoms with Crippen molar-refractivity contribution in [2.75, 3.05) is 34.9 Å². The maximum Gasteiger partial charge on any atom is 0.203 e. The molecular formula is C14H24N2O3. The topological polar surface area (TPSA) is 57.0 Å². The lowest BCUT2D eigenvalue weighted by Crippen LogP contribution is -2.32. The molecule has 1 aromatic carbocycles. The average molecular weight is 268 g/mol. The van der Waals surface area contributed by atoms with Crippen LogP contribution in [0.25, 0.3) is 0 Å². The Morgan fingerprint density at radius 1 is 1.11 bits per heavy atom. The second-order valence-corrected chi connectivity index (χ2v) is 4.71. The van der Waals surface area contributed by atoms with Gasteiger partial charge in [0.1, 0.15) is 0 Å². The van der Waals surface area contributed by atoms with Crippen LogP contribution >= 0.6 is 0 Å². The summed E-state index contributed by atoms with van der Waals surface area (Å²) >= 11 is 0. The third-order valence-electron chi connectivity index (χ3n) is 2.78. The quantitative estimate of drug-likeness (QED) is 0.812. The lowest BCUT2D eigenvalue weighted by molar-refractivity contribution is 0.303. The van der Waals surface area contributed by atoms with Crippen molar-refractivity contribution < 1.29 is 14.2 Å². The van der Waals surface area contributed by atoms with Crippen LogP contribution in [-0.2, 0) is 6.54 Å². The van der Waals surface area contributed by atoms with Crippen LogP contribution in [0.5, 0.6) is 17.2 Å². The van der Waals surface area contributed by atoms with Crippen molar-refractivity contribution in [3.05, 3.63) is 17.7 Å². The highest BCUT2D eigenvalue weighted by atomic mass is 16.5. The first-order valence-corrected chi connectivity index (χ1v) is 6.24. The van der Waals surface area contributed by atoms with Crippen molar-refractivity contribution in [1.29, 1.82) is 0 Å². The molecule has 0 spiro atoms. The molecule has 0 aliphatic carbocycles. The number of likely N-dealkylation sites (N-methyl/N-ethyl adjacent to an activating group) is 1. The van der Waals surface area contributed by atoms with E-state index in [0.717, 1.165) is 18.7 Å². The smallest absolute Gasteiger partial charge is 0.203 e. The van der Waals surface area contributed by atoms with Crippen molar-refractivity contribution in [3.8, 4) is 17.2 Å². The van der Waals surface area contributed by atoms with E-state index in [-0.39, 0.29) is 6.04 Å². The molecule has 5 heteroatoms. The van der Waals surface area contributed by atoms with E-state index in [9.17, 15) is 0 Å². The molecular weight excluding hydrogens is 244 g/mol. The molecule has 1 atom stereocenters. The van der Waals surface area contributed by atoms with Crippen LogP contribution in [0.15, 0.2) is 12.1 Å². The van der Waals surface area contributed by atoms with Crippen LogP contribution in [0.4, 0.5) is 0 Å². The summed E-state index contributed by atoms with van der Waals surface area (Å²) in [4.78, 5) is 2.16. The van der Waals surface area contributed by atoms with Gasteiger partial charge in [0, 0.05) is 19.1 Å². The second-order valence-electron chi connectivity index (χ2n) is 4.71. The van der Waals surface area contributed by atoms with Gasteiger partial charge in [0.15, 0.2) is 11.5 Å². The molecule has 0 saturated heterocycles. The summed E-state index contributed by atoms with van der Waals surface area (Å²) in [6.07, 6.45) is 0. The lowest BCUT2D eigenvalue weighted by Gasteiger charge is -2.20. The van der Waals surface area contributed by atoms with Gasteiger partial charge in [-0.15, -0.1) is 0 Å². The maximum absolute atomic E-state index is 5.79. The Balaban J connectivity index is 2.96. The Labute approximate surface area is 115 Å². The number of rotatable bonds is 7. The Morgan fingerprint density at radius 2 is 1.63 bits per heavy atom. The fraction of sp³-hybridized carbons (Fsp3) is 0.571. The summed E-state index contributed by atoms with van der Waals surface area (Å²) in [6.45, 7) is 3.60. The molecule has 1 aromatic rings. The number of benzene rings is 1. The second kappa shape index (κ2) is 7.21. The third kappa shape index (κ3) is 4.29. The van der Waals surface area contributed by atoms with Gasteiger partial charge in [0.2, 0.25) is 5.75 Å². The first-order valence-electron chi connectivity index (χ1n) is 6.24. The molecule has 1 unspecified atom stereocenters. The van der Waals surface area contributed by atoms with E-state index in [0.29, 0.717) is 17.2 Å². The van der Waals surface area contributed by atoms with Crippen molar-refractivity contribution in [2.24, 2.45) is 5.73 Å². The van der Waals surface area contributed by atoms with Crippen molar-refractivity contribution in [3.63, 3.8) is 0 Å². The average Bonchev–Trinajstić information content (AvgIpc) is 2.36. The van der Waals surface area contributed by atoms with E-state index in [1.807, 2.05) is 26.1 Å². The van der Waals surface area contributed by atoms with Gasteiger partial charge >= 0.3 is 0 Å². The minimum absolute atomic E-state index is 0.145. The van der Waals surface area contributed by atoms with Gasteiger partial charge in [-0.3, -0.25) is 0 Å². The molecule has 19 heavy (non-hydrogen) atoms. The Kier molecular flexibility index (Phi) is 5.92. The number of methoxy groups -OCH3 is 3. The summed E-state index contributed by atoms with van der Waals surface area (Å²) in [5.74, 6) is 1.96. The standard InChI is InChI=1S/C14H24N2O3/c1-10(15)8-16(2)9-11-6-12(17-3)14(19-5)13(7-11)18-4/h6-7,10H,8-9,15H2,1-5H3. The van der Waals surface area contributed by atoms with E-state index in [1.54, 1.807) is 21.3 Å².